The van der Waals surface area contributed by atoms with Gasteiger partial charge in [0, 0.05) is 38.0 Å². The molecule has 1 aliphatic rings. The fourth-order valence-electron chi connectivity index (χ4n) is 1.76. The second-order valence-electron chi connectivity index (χ2n) is 4.44. The summed E-state index contributed by atoms with van der Waals surface area (Å²) in [6, 6.07) is 0. The monoisotopic (exact) mass is 270 g/mol. The number of carboxylic acid groups (broad SMARTS) is 1. The van der Waals surface area contributed by atoms with Crippen LogP contribution in [0.25, 0.3) is 0 Å². The van der Waals surface area contributed by atoms with Gasteiger partial charge in [-0.3, -0.25) is 10.2 Å². The van der Waals surface area contributed by atoms with E-state index in [1.54, 1.807) is 0 Å². The zero-order chi connectivity index (χ0) is 13.0. The molecule has 7 heteroatoms. The van der Waals surface area contributed by atoms with Gasteiger partial charge in [-0.15, -0.1) is 11.3 Å². The number of anilines is 1. The van der Waals surface area contributed by atoms with Crippen molar-refractivity contribution in [1.29, 1.82) is 0 Å². The number of nitrogens with one attached hydrogen (secondary N) is 1. The molecular weight excluding hydrogens is 252 g/mol. The van der Waals surface area contributed by atoms with E-state index in [1.165, 1.54) is 11.3 Å². The molecule has 0 atom stereocenters. The van der Waals surface area contributed by atoms with E-state index in [0.717, 1.165) is 37.0 Å². The number of piperazine rings is 1. The zero-order valence-electron chi connectivity index (χ0n) is 10.4. The third-order valence-electron chi connectivity index (χ3n) is 2.90. The molecule has 1 saturated heterocycles. The van der Waals surface area contributed by atoms with Crippen molar-refractivity contribution in [3.63, 3.8) is 0 Å². The molecule has 0 bridgehead atoms. The number of aryl methyl sites for hydroxylation is 1. The predicted octanol–water partition coefficient (Wildman–Crippen LogP) is 0.735. The van der Waals surface area contributed by atoms with Crippen LogP contribution >= 0.6 is 11.3 Å². The molecule has 0 radical (unpaired) electrons. The predicted molar refractivity (Wildman–Crippen MR) is 70.8 cm³/mol. The van der Waals surface area contributed by atoms with Crippen LogP contribution in [0.3, 0.4) is 0 Å². The smallest absolute Gasteiger partial charge is 0.303 e. The van der Waals surface area contributed by atoms with Gasteiger partial charge in [-0.25, -0.2) is 9.99 Å². The number of carbonyl (C=O) groups is 1. The normalized spacial score (nSPS) is 17.8. The van der Waals surface area contributed by atoms with Gasteiger partial charge in [-0.1, -0.05) is 0 Å². The molecule has 0 aliphatic carbocycles. The van der Waals surface area contributed by atoms with Crippen molar-refractivity contribution in [3.05, 3.63) is 11.1 Å². The average Bonchev–Trinajstić information content (AvgIpc) is 2.77. The van der Waals surface area contributed by atoms with Gasteiger partial charge >= 0.3 is 5.97 Å². The third-order valence-corrected chi connectivity index (χ3v) is 3.70. The molecule has 2 rings (SSSR count). The summed E-state index contributed by atoms with van der Waals surface area (Å²) in [6.07, 6.45) is 0.633. The Balaban J connectivity index is 1.81. The Morgan fingerprint density at radius 1 is 1.50 bits per heavy atom. The number of aromatic nitrogens is 1. The number of hydrogen-bond acceptors (Lipinski definition) is 6. The Bertz CT molecular complexity index is 402. The standard InChI is InChI=1S/C11H18N4O2S/c1-14-4-6-15(7-5-14)13-11-12-9(8-18-11)2-3-10(16)17/h8H,2-7H2,1H3,(H,12,13)(H,16,17). The fourth-order valence-corrected chi connectivity index (χ4v) is 2.53. The van der Waals surface area contributed by atoms with Crippen LogP contribution in [0, 0.1) is 0 Å². The minimum absolute atomic E-state index is 0.137. The van der Waals surface area contributed by atoms with Crippen LogP contribution in [-0.4, -0.2) is 59.2 Å². The second kappa shape index (κ2) is 6.12. The molecule has 1 aromatic rings. The van der Waals surface area contributed by atoms with E-state index >= 15 is 0 Å². The molecule has 0 amide bonds. The largest absolute Gasteiger partial charge is 0.481 e. The highest BCUT2D eigenvalue weighted by molar-refractivity contribution is 7.13. The highest BCUT2D eigenvalue weighted by atomic mass is 32.1. The molecule has 1 aromatic heterocycles. The second-order valence-corrected chi connectivity index (χ2v) is 5.30. The van der Waals surface area contributed by atoms with Crippen molar-refractivity contribution in [2.45, 2.75) is 12.8 Å². The quantitative estimate of drug-likeness (QED) is 0.822. The van der Waals surface area contributed by atoms with Crippen LogP contribution in [-0.2, 0) is 11.2 Å². The lowest BCUT2D eigenvalue weighted by Crippen LogP contribution is -2.46. The first kappa shape index (κ1) is 13.3. The van der Waals surface area contributed by atoms with Crippen molar-refractivity contribution in [2.75, 3.05) is 38.7 Å². The minimum Gasteiger partial charge on any atom is -0.481 e. The molecule has 2 N–H and O–H groups in total. The van der Waals surface area contributed by atoms with Gasteiger partial charge in [0.1, 0.15) is 0 Å². The summed E-state index contributed by atoms with van der Waals surface area (Å²) in [6.45, 7) is 4.04. The van der Waals surface area contributed by atoms with E-state index in [0.29, 0.717) is 6.42 Å². The number of thiazole rings is 1. The molecular formula is C11H18N4O2S. The summed E-state index contributed by atoms with van der Waals surface area (Å²) in [5, 5.41) is 13.5. The summed E-state index contributed by atoms with van der Waals surface area (Å²) in [5.41, 5.74) is 4.12. The first-order valence-corrected chi connectivity index (χ1v) is 6.88. The third kappa shape index (κ3) is 3.94. The Hall–Kier alpha value is -1.18. The molecule has 1 aliphatic heterocycles. The highest BCUT2D eigenvalue weighted by Crippen LogP contribution is 2.17. The van der Waals surface area contributed by atoms with Gasteiger partial charge in [0.2, 0.25) is 0 Å². The van der Waals surface area contributed by atoms with Crippen LogP contribution in [0.2, 0.25) is 0 Å². The number of hydrogen-bond donors (Lipinski definition) is 2. The van der Waals surface area contributed by atoms with E-state index in [-0.39, 0.29) is 6.42 Å². The van der Waals surface area contributed by atoms with Crippen molar-refractivity contribution in [2.24, 2.45) is 0 Å². The molecule has 0 unspecified atom stereocenters. The Kier molecular flexibility index (Phi) is 4.51. The molecule has 0 spiro atoms. The van der Waals surface area contributed by atoms with E-state index in [9.17, 15) is 4.79 Å². The van der Waals surface area contributed by atoms with Gasteiger partial charge in [0.25, 0.3) is 0 Å². The maximum Gasteiger partial charge on any atom is 0.303 e. The van der Waals surface area contributed by atoms with Crippen LogP contribution < -0.4 is 5.43 Å². The number of rotatable bonds is 5. The topological polar surface area (TPSA) is 68.7 Å². The van der Waals surface area contributed by atoms with E-state index < -0.39 is 5.97 Å². The zero-order valence-corrected chi connectivity index (χ0v) is 11.2. The molecule has 100 valence electrons. The van der Waals surface area contributed by atoms with Gasteiger partial charge in [-0.05, 0) is 7.05 Å². The average molecular weight is 270 g/mol. The summed E-state index contributed by atoms with van der Waals surface area (Å²) in [7, 11) is 2.12. The van der Waals surface area contributed by atoms with Crippen LogP contribution in [0.4, 0.5) is 5.13 Å². The van der Waals surface area contributed by atoms with Crippen LogP contribution in [0.1, 0.15) is 12.1 Å². The summed E-state index contributed by atoms with van der Waals surface area (Å²) in [4.78, 5) is 17.1. The lowest BCUT2D eigenvalue weighted by Gasteiger charge is -2.32. The number of nitrogens with zero attached hydrogens (tertiary/aromatic N) is 3. The van der Waals surface area contributed by atoms with E-state index in [4.69, 9.17) is 5.11 Å². The van der Waals surface area contributed by atoms with Gasteiger partial charge in [-0.2, -0.15) is 0 Å². The molecule has 6 nitrogen and oxygen atoms in total. The molecule has 2 heterocycles. The number of likely N-dealkylation sites (N-methyl/N-ethyl adjacent to an activating group) is 1. The fraction of sp³-hybridized carbons (Fsp3) is 0.636. The Morgan fingerprint density at radius 3 is 2.89 bits per heavy atom. The molecule has 0 aromatic carbocycles. The number of aliphatic carboxylic acids is 1. The lowest BCUT2D eigenvalue weighted by atomic mass is 10.3. The maximum atomic E-state index is 10.5. The van der Waals surface area contributed by atoms with Crippen molar-refractivity contribution < 1.29 is 9.90 Å². The number of hydrazine groups is 1. The molecule has 0 saturated carbocycles. The van der Waals surface area contributed by atoms with Crippen molar-refractivity contribution >= 4 is 22.4 Å². The highest BCUT2D eigenvalue weighted by Gasteiger charge is 2.14. The van der Waals surface area contributed by atoms with Crippen molar-refractivity contribution in [1.82, 2.24) is 14.9 Å². The molecule has 1 fully saturated rings. The summed E-state index contributed by atoms with van der Waals surface area (Å²) in [5.74, 6) is -0.781. The maximum absolute atomic E-state index is 10.5. The lowest BCUT2D eigenvalue weighted by molar-refractivity contribution is -0.136. The van der Waals surface area contributed by atoms with Crippen molar-refractivity contribution in [3.8, 4) is 0 Å². The first-order chi connectivity index (χ1) is 8.63. The van der Waals surface area contributed by atoms with Crippen LogP contribution in [0.15, 0.2) is 5.38 Å². The van der Waals surface area contributed by atoms with E-state index in [2.05, 4.69) is 27.4 Å². The Labute approximate surface area is 110 Å². The summed E-state index contributed by atoms with van der Waals surface area (Å²) < 4.78 is 0. The minimum atomic E-state index is -0.781. The van der Waals surface area contributed by atoms with Crippen LogP contribution in [0.5, 0.6) is 0 Å². The first-order valence-electron chi connectivity index (χ1n) is 6.00. The van der Waals surface area contributed by atoms with Gasteiger partial charge in [0.15, 0.2) is 5.13 Å². The number of carboxylic acids is 1. The van der Waals surface area contributed by atoms with Gasteiger partial charge < -0.3 is 10.0 Å². The summed E-state index contributed by atoms with van der Waals surface area (Å²) >= 11 is 1.53. The van der Waals surface area contributed by atoms with E-state index in [1.807, 2.05) is 5.38 Å². The molecule has 18 heavy (non-hydrogen) atoms. The van der Waals surface area contributed by atoms with Gasteiger partial charge in [0.05, 0.1) is 12.1 Å². The SMILES string of the molecule is CN1CCN(Nc2nc(CCC(=O)O)cs2)CC1. The Morgan fingerprint density at radius 2 is 2.22 bits per heavy atom.